The summed E-state index contributed by atoms with van der Waals surface area (Å²) in [5.74, 6) is 2.11. The van der Waals surface area contributed by atoms with Gasteiger partial charge in [0.1, 0.15) is 11.7 Å². The summed E-state index contributed by atoms with van der Waals surface area (Å²) in [6.07, 6.45) is 2.37. The highest BCUT2D eigenvalue weighted by atomic mass is 16.1. The van der Waals surface area contributed by atoms with Crippen molar-refractivity contribution in [3.8, 4) is 0 Å². The third-order valence-electron chi connectivity index (χ3n) is 1.56. The van der Waals surface area contributed by atoms with Crippen LogP contribution >= 0.6 is 0 Å². The molecule has 1 aliphatic carbocycles. The van der Waals surface area contributed by atoms with Gasteiger partial charge in [0.2, 0.25) is 0 Å². The first kappa shape index (κ1) is 6.24. The van der Waals surface area contributed by atoms with E-state index in [1.807, 2.05) is 5.94 Å². The van der Waals surface area contributed by atoms with Crippen LogP contribution in [-0.4, -0.2) is 11.7 Å². The first-order valence-corrected chi connectivity index (χ1v) is 3.07. The molecule has 1 saturated carbocycles. The van der Waals surface area contributed by atoms with Gasteiger partial charge in [-0.3, -0.25) is 4.79 Å². The van der Waals surface area contributed by atoms with Gasteiger partial charge in [-0.05, 0) is 12.8 Å². The molecule has 0 spiro atoms. The molecule has 9 heavy (non-hydrogen) atoms. The van der Waals surface area contributed by atoms with Crippen LogP contribution in [0.3, 0.4) is 0 Å². The van der Waals surface area contributed by atoms with E-state index < -0.39 is 0 Å². The van der Waals surface area contributed by atoms with E-state index in [4.69, 9.17) is 0 Å². The van der Waals surface area contributed by atoms with Crippen LogP contribution in [0.15, 0.2) is 5.57 Å². The zero-order chi connectivity index (χ0) is 6.69. The molecular weight excluding hydrogens is 116 g/mol. The molecule has 0 radical (unpaired) electrons. The van der Waals surface area contributed by atoms with E-state index in [0.717, 1.165) is 5.57 Å². The summed E-state index contributed by atoms with van der Waals surface area (Å²) in [6.45, 7) is 0. The van der Waals surface area contributed by atoms with Crippen LogP contribution < -0.4 is 0 Å². The first-order chi connectivity index (χ1) is 4.33. The van der Waals surface area contributed by atoms with Gasteiger partial charge in [-0.1, -0.05) is 0 Å². The SMILES string of the molecule is O=C=C1CCC(=O)CC1. The average molecular weight is 124 g/mol. The van der Waals surface area contributed by atoms with Crippen molar-refractivity contribution in [1.29, 1.82) is 0 Å². The molecule has 0 aliphatic heterocycles. The molecule has 2 heteroatoms. The van der Waals surface area contributed by atoms with E-state index >= 15 is 0 Å². The number of Topliss-reactive ketones (excluding diaryl/α,β-unsaturated/α-hetero) is 1. The molecule has 1 aliphatic rings. The Morgan fingerprint density at radius 3 is 2.11 bits per heavy atom. The lowest BCUT2D eigenvalue weighted by molar-refractivity contribution is -0.119. The van der Waals surface area contributed by atoms with Gasteiger partial charge < -0.3 is 0 Å². The highest BCUT2D eigenvalue weighted by Gasteiger charge is 2.12. The zero-order valence-electron chi connectivity index (χ0n) is 5.14. The highest BCUT2D eigenvalue weighted by Crippen LogP contribution is 2.17. The van der Waals surface area contributed by atoms with E-state index in [1.54, 1.807) is 0 Å². The second kappa shape index (κ2) is 2.60. The van der Waals surface area contributed by atoms with E-state index in [9.17, 15) is 9.59 Å². The molecule has 0 saturated heterocycles. The van der Waals surface area contributed by atoms with Crippen LogP contribution in [0.4, 0.5) is 0 Å². The van der Waals surface area contributed by atoms with Crippen molar-refractivity contribution in [2.75, 3.05) is 0 Å². The van der Waals surface area contributed by atoms with Crippen molar-refractivity contribution in [2.24, 2.45) is 0 Å². The molecule has 1 fully saturated rings. The molecule has 0 aromatic rings. The Morgan fingerprint density at radius 2 is 1.67 bits per heavy atom. The van der Waals surface area contributed by atoms with Crippen molar-refractivity contribution < 1.29 is 9.59 Å². The number of allylic oxidation sites excluding steroid dienone is 1. The van der Waals surface area contributed by atoms with Gasteiger partial charge in [0.15, 0.2) is 0 Å². The predicted octanol–water partition coefficient (Wildman–Crippen LogP) is 0.887. The van der Waals surface area contributed by atoms with E-state index in [1.165, 1.54) is 0 Å². The van der Waals surface area contributed by atoms with Crippen LogP contribution in [0, 0.1) is 0 Å². The van der Waals surface area contributed by atoms with Crippen molar-refractivity contribution >= 4 is 11.7 Å². The van der Waals surface area contributed by atoms with Crippen LogP contribution in [-0.2, 0) is 9.59 Å². The summed E-state index contributed by atoms with van der Waals surface area (Å²) in [7, 11) is 0. The number of ketones is 1. The van der Waals surface area contributed by atoms with Gasteiger partial charge >= 0.3 is 0 Å². The number of carbonyl (C=O) groups excluding carboxylic acids is 2. The Hall–Kier alpha value is -0.880. The molecule has 0 heterocycles. The minimum Gasteiger partial charge on any atom is -0.300 e. The molecule has 0 aromatic heterocycles. The van der Waals surface area contributed by atoms with Crippen molar-refractivity contribution in [3.05, 3.63) is 5.57 Å². The Bertz CT molecular complexity index is 163. The maximum Gasteiger partial charge on any atom is 0.133 e. The summed E-state index contributed by atoms with van der Waals surface area (Å²) in [6, 6.07) is 0. The summed E-state index contributed by atoms with van der Waals surface area (Å²) in [5.41, 5.74) is 0.773. The van der Waals surface area contributed by atoms with Crippen molar-refractivity contribution in [3.63, 3.8) is 0 Å². The molecule has 0 bridgehead atoms. The summed E-state index contributed by atoms with van der Waals surface area (Å²) in [4.78, 5) is 20.6. The summed E-state index contributed by atoms with van der Waals surface area (Å²) in [5, 5.41) is 0. The monoisotopic (exact) mass is 124 g/mol. The smallest absolute Gasteiger partial charge is 0.133 e. The van der Waals surface area contributed by atoms with Crippen LogP contribution in [0.2, 0.25) is 0 Å². The van der Waals surface area contributed by atoms with E-state index in [2.05, 4.69) is 0 Å². The maximum absolute atomic E-state index is 10.6. The molecular formula is C7H8O2. The van der Waals surface area contributed by atoms with E-state index in [0.29, 0.717) is 25.7 Å². The third kappa shape index (κ3) is 1.51. The molecule has 0 aromatic carbocycles. The second-order valence-electron chi connectivity index (χ2n) is 2.24. The summed E-state index contributed by atoms with van der Waals surface area (Å²) < 4.78 is 0. The lowest BCUT2D eigenvalue weighted by atomic mass is 9.95. The molecule has 0 unspecified atom stereocenters. The maximum atomic E-state index is 10.6. The highest BCUT2D eigenvalue weighted by molar-refractivity contribution is 5.81. The Labute approximate surface area is 53.6 Å². The average Bonchev–Trinajstić information content (AvgIpc) is 1.90. The zero-order valence-corrected chi connectivity index (χ0v) is 5.14. The van der Waals surface area contributed by atoms with Gasteiger partial charge in [-0.15, -0.1) is 0 Å². The molecule has 0 N–H and O–H groups in total. The molecule has 1 rings (SSSR count). The lowest BCUT2D eigenvalue weighted by Gasteiger charge is -2.07. The fraction of sp³-hybridized carbons (Fsp3) is 0.571. The fourth-order valence-corrected chi connectivity index (χ4v) is 0.933. The standard InChI is InChI=1S/C7H8O2/c8-5-6-1-3-7(9)4-2-6/h1-4H2. The van der Waals surface area contributed by atoms with Crippen LogP contribution in [0.5, 0.6) is 0 Å². The topological polar surface area (TPSA) is 34.1 Å². The first-order valence-electron chi connectivity index (χ1n) is 3.07. The molecule has 2 nitrogen and oxygen atoms in total. The Balaban J connectivity index is 2.53. The lowest BCUT2D eigenvalue weighted by Crippen LogP contribution is -2.05. The van der Waals surface area contributed by atoms with E-state index in [-0.39, 0.29) is 5.78 Å². The van der Waals surface area contributed by atoms with Gasteiger partial charge in [-0.2, -0.15) is 0 Å². The molecule has 0 amide bonds. The fourth-order valence-electron chi connectivity index (χ4n) is 0.933. The quantitative estimate of drug-likeness (QED) is 0.449. The largest absolute Gasteiger partial charge is 0.300 e. The Morgan fingerprint density at radius 1 is 1.11 bits per heavy atom. The molecule has 48 valence electrons. The molecule has 0 atom stereocenters. The van der Waals surface area contributed by atoms with Crippen LogP contribution in [0.1, 0.15) is 25.7 Å². The minimum absolute atomic E-state index is 0.272. The second-order valence-corrected chi connectivity index (χ2v) is 2.24. The van der Waals surface area contributed by atoms with Gasteiger partial charge in [0.05, 0.1) is 0 Å². The van der Waals surface area contributed by atoms with Crippen molar-refractivity contribution in [2.45, 2.75) is 25.7 Å². The minimum atomic E-state index is 0.272. The van der Waals surface area contributed by atoms with Gasteiger partial charge in [-0.25, -0.2) is 4.79 Å². The van der Waals surface area contributed by atoms with Gasteiger partial charge in [0, 0.05) is 18.4 Å². The number of hydrogen-bond acceptors (Lipinski definition) is 2. The number of rotatable bonds is 0. The number of carbonyl (C=O) groups is 1. The van der Waals surface area contributed by atoms with Gasteiger partial charge in [0.25, 0.3) is 0 Å². The number of hydrogen-bond donors (Lipinski definition) is 0. The summed E-state index contributed by atoms with van der Waals surface area (Å²) >= 11 is 0. The predicted molar refractivity (Wildman–Crippen MR) is 32.7 cm³/mol. The van der Waals surface area contributed by atoms with Crippen LogP contribution in [0.25, 0.3) is 0 Å². The third-order valence-corrected chi connectivity index (χ3v) is 1.56. The van der Waals surface area contributed by atoms with Crippen molar-refractivity contribution in [1.82, 2.24) is 0 Å². The Kier molecular flexibility index (Phi) is 1.81. The normalized spacial score (nSPS) is 19.6.